The fraction of sp³-hybridized carbons (Fsp3) is 0.364. The maximum absolute atomic E-state index is 13.5. The molecule has 1 amide bonds. The molecule has 3 rings (SSSR count). The number of hydrogen-bond donors (Lipinski definition) is 2. The summed E-state index contributed by atoms with van der Waals surface area (Å²) in [6.45, 7) is 4.73. The SMILES string of the molecule is [3H][N+]1(C(c2ccc(Br)cc2)=[N+](NCCCC)C(=O)c2ccccc2)CCOCC1. The largest absolute Gasteiger partial charge is 0.452 e. The smallest absolute Gasteiger partial charge is 0.370 e. The summed E-state index contributed by atoms with van der Waals surface area (Å²) >= 11 is 3.48. The normalized spacial score (nSPS) is 17.4. The van der Waals surface area contributed by atoms with Crippen molar-refractivity contribution < 1.29 is 20.5 Å². The van der Waals surface area contributed by atoms with Crippen molar-refractivity contribution in [3.63, 3.8) is 0 Å². The minimum atomic E-state index is -0.157. The number of amidine groups is 1. The maximum Gasteiger partial charge on any atom is 0.452 e. The molecule has 0 spiro atoms. The highest BCUT2D eigenvalue weighted by atomic mass is 79.9. The lowest BCUT2D eigenvalue weighted by molar-refractivity contribution is -0.839. The molecule has 1 heterocycles. The third-order valence-electron chi connectivity index (χ3n) is 4.65. The van der Waals surface area contributed by atoms with Gasteiger partial charge in [0, 0.05) is 9.16 Å². The summed E-state index contributed by atoms with van der Waals surface area (Å²) in [5.41, 5.74) is 4.75. The zero-order chi connectivity index (χ0) is 20.7. The van der Waals surface area contributed by atoms with Gasteiger partial charge in [0.2, 0.25) is 0 Å². The first-order valence-corrected chi connectivity index (χ1v) is 10.6. The third-order valence-corrected chi connectivity index (χ3v) is 5.18. The zero-order valence-corrected chi connectivity index (χ0v) is 17.8. The van der Waals surface area contributed by atoms with Crippen molar-refractivity contribution in [2.75, 3.05) is 32.8 Å². The number of nitrogens with zero attached hydrogens (tertiary/aromatic N) is 1. The first-order valence-electron chi connectivity index (χ1n) is 10.2. The predicted molar refractivity (Wildman–Crippen MR) is 114 cm³/mol. The van der Waals surface area contributed by atoms with Crippen molar-refractivity contribution in [1.82, 2.24) is 5.43 Å². The van der Waals surface area contributed by atoms with Gasteiger partial charge in [0.25, 0.3) is 0 Å². The lowest BCUT2D eigenvalue weighted by atomic mass is 10.1. The Kier molecular flexibility index (Phi) is 7.24. The molecule has 5 nitrogen and oxygen atoms in total. The summed E-state index contributed by atoms with van der Waals surface area (Å²) in [5, 5.41) is 0. The highest BCUT2D eigenvalue weighted by molar-refractivity contribution is 9.10. The Hall–Kier alpha value is -2.02. The number of ether oxygens (including phenoxy) is 1. The molecular weight excluding hydrogens is 418 g/mol. The van der Waals surface area contributed by atoms with Crippen molar-refractivity contribution in [1.29, 1.82) is 0 Å². The fourth-order valence-electron chi connectivity index (χ4n) is 3.15. The number of unbranched alkanes of at least 4 members (excludes halogenated alkanes) is 1. The molecule has 0 saturated carbocycles. The number of carbonyl (C=O) groups is 1. The molecule has 0 unspecified atom stereocenters. The van der Waals surface area contributed by atoms with Gasteiger partial charge < -0.3 is 4.74 Å². The van der Waals surface area contributed by atoms with Crippen LogP contribution in [0.25, 0.3) is 0 Å². The van der Waals surface area contributed by atoms with Crippen LogP contribution in [-0.2, 0) is 4.74 Å². The summed E-state index contributed by atoms with van der Waals surface area (Å²) < 4.78 is 17.3. The number of halogens is 1. The summed E-state index contributed by atoms with van der Waals surface area (Å²) in [5.74, 6) is 0.474. The van der Waals surface area contributed by atoms with Crippen LogP contribution in [0.1, 0.15) is 35.7 Å². The van der Waals surface area contributed by atoms with Crippen molar-refractivity contribution >= 4 is 27.7 Å². The van der Waals surface area contributed by atoms with Gasteiger partial charge in [-0.05, 0) is 42.8 Å². The van der Waals surface area contributed by atoms with Gasteiger partial charge in [-0.2, -0.15) is 5.43 Å². The topological polar surface area (TPSA) is 45.8 Å². The molecule has 0 atom stereocenters. The first kappa shape index (κ1) is 19.3. The molecule has 28 heavy (non-hydrogen) atoms. The van der Waals surface area contributed by atoms with E-state index in [2.05, 4.69) is 28.3 Å². The molecule has 1 aliphatic rings. The number of rotatable bonds is 6. The van der Waals surface area contributed by atoms with E-state index in [0.717, 1.165) is 22.9 Å². The highest BCUT2D eigenvalue weighted by Crippen LogP contribution is 2.11. The van der Waals surface area contributed by atoms with Crippen LogP contribution < -0.4 is 10.3 Å². The van der Waals surface area contributed by atoms with Crippen LogP contribution in [0.3, 0.4) is 0 Å². The summed E-state index contributed by atoms with van der Waals surface area (Å²) in [6.07, 6.45) is 1.95. The van der Waals surface area contributed by atoms with E-state index in [1.54, 1.807) is 4.68 Å². The van der Waals surface area contributed by atoms with Crippen LogP contribution in [0.5, 0.6) is 0 Å². The maximum atomic E-state index is 13.5. The van der Waals surface area contributed by atoms with Gasteiger partial charge >= 0.3 is 13.2 Å². The van der Waals surface area contributed by atoms with Gasteiger partial charge in [-0.15, -0.1) is 0 Å². The van der Waals surface area contributed by atoms with E-state index in [1.807, 2.05) is 54.6 Å². The Morgan fingerprint density at radius 1 is 1.14 bits per heavy atom. The first-order chi connectivity index (χ1) is 14.0. The number of hydrazine groups is 1. The lowest BCUT2D eigenvalue weighted by Gasteiger charge is -2.22. The molecule has 1 aliphatic heterocycles. The van der Waals surface area contributed by atoms with Crippen LogP contribution in [0.15, 0.2) is 59.1 Å². The standard InChI is InChI=1S/C22H27BrN3O2/c1-2-3-13-24-26(22(27)19-7-5-4-6-8-19)21(25-14-16-28-17-15-25)18-9-11-20(23)12-10-18/h4-12,24H,2-3,13-17H2,1H3/q+1/p+1/i/hT. The lowest BCUT2D eigenvalue weighted by Crippen LogP contribution is -3.17. The molecule has 0 aromatic heterocycles. The van der Waals surface area contributed by atoms with Crippen molar-refractivity contribution in [2.24, 2.45) is 0 Å². The second-order valence-corrected chi connectivity index (χ2v) is 7.61. The fourth-order valence-corrected chi connectivity index (χ4v) is 3.41. The van der Waals surface area contributed by atoms with E-state index in [9.17, 15) is 6.21 Å². The van der Waals surface area contributed by atoms with E-state index in [1.165, 1.54) is 0 Å². The molecule has 2 aromatic rings. The van der Waals surface area contributed by atoms with Crippen molar-refractivity contribution in [2.45, 2.75) is 19.8 Å². The molecule has 0 aliphatic carbocycles. The number of amides is 1. The van der Waals surface area contributed by atoms with Gasteiger partial charge in [0.05, 0.1) is 25.3 Å². The quantitative estimate of drug-likeness (QED) is 0.234. The average molecular weight is 448 g/mol. The number of hydrazone groups is 1. The van der Waals surface area contributed by atoms with E-state index < -0.39 is 0 Å². The van der Waals surface area contributed by atoms with Crippen LogP contribution in [-0.4, -0.2) is 49.3 Å². The van der Waals surface area contributed by atoms with Gasteiger partial charge in [0.15, 0.2) is 0 Å². The predicted octanol–water partition coefficient (Wildman–Crippen LogP) is 2.27. The Balaban J connectivity index is 2.16. The van der Waals surface area contributed by atoms with Gasteiger partial charge in [-0.3, -0.25) is 0 Å². The van der Waals surface area contributed by atoms with Crippen LogP contribution in [0, 0.1) is 0 Å². The summed E-state index contributed by atoms with van der Waals surface area (Å²) in [6, 6.07) is 17.0. The third kappa shape index (κ3) is 5.28. The molecule has 1 saturated heterocycles. The molecule has 0 bridgehead atoms. The number of morpholine rings is 1. The van der Waals surface area contributed by atoms with Crippen LogP contribution in [0.2, 0.25) is 1.41 Å². The van der Waals surface area contributed by atoms with Crippen LogP contribution in [0.4, 0.5) is 0 Å². The number of quaternary nitrogens is 1. The van der Waals surface area contributed by atoms with E-state index in [4.69, 9.17) is 4.74 Å². The van der Waals surface area contributed by atoms with Crippen LogP contribution >= 0.6 is 15.9 Å². The van der Waals surface area contributed by atoms with Gasteiger partial charge in [-0.1, -0.05) is 47.5 Å². The average Bonchev–Trinajstić information content (AvgIpc) is 2.75. The molecule has 6 heteroatoms. The molecule has 0 radical (unpaired) electrons. The van der Waals surface area contributed by atoms with Crippen molar-refractivity contribution in [3.05, 3.63) is 70.2 Å². The van der Waals surface area contributed by atoms with E-state index in [-0.39, 0.29) is 10.8 Å². The molecular formula is C22H28BrN3O2+2. The zero-order valence-electron chi connectivity index (χ0n) is 17.2. The summed E-state index contributed by atoms with van der Waals surface area (Å²) in [7, 11) is 0. The van der Waals surface area contributed by atoms with Crippen molar-refractivity contribution in [3.8, 4) is 0 Å². The Morgan fingerprint density at radius 2 is 1.82 bits per heavy atom. The molecule has 2 N–H and O–H groups in total. The number of hydrogen-bond acceptors (Lipinski definition) is 3. The molecule has 148 valence electrons. The Labute approximate surface area is 176 Å². The Morgan fingerprint density at radius 3 is 2.46 bits per heavy atom. The highest BCUT2D eigenvalue weighted by Gasteiger charge is 2.36. The Bertz CT molecular complexity index is 850. The number of benzene rings is 2. The van der Waals surface area contributed by atoms with Gasteiger partial charge in [0.1, 0.15) is 18.7 Å². The van der Waals surface area contributed by atoms with E-state index >= 15 is 0 Å². The molecule has 2 aromatic carbocycles. The molecule has 1 fully saturated rings. The monoisotopic (exact) mass is 447 g/mol. The second-order valence-electron chi connectivity index (χ2n) is 6.70. The summed E-state index contributed by atoms with van der Waals surface area (Å²) in [4.78, 5) is 13.4. The minimum Gasteiger partial charge on any atom is -0.370 e. The van der Waals surface area contributed by atoms with E-state index in [0.29, 0.717) is 44.2 Å². The minimum absolute atomic E-state index is 0.112. The second kappa shape index (κ2) is 10.5. The number of nitrogens with one attached hydrogen (secondary N) is 2. The number of carbonyl (C=O) groups excluding carboxylic acids is 1. The van der Waals surface area contributed by atoms with Gasteiger partial charge in [-0.25, -0.2) is 9.69 Å².